The Bertz CT molecular complexity index is 471. The Kier molecular flexibility index (Phi) is 5.05. The summed E-state index contributed by atoms with van der Waals surface area (Å²) < 4.78 is 0. The first kappa shape index (κ1) is 14.7. The van der Waals surface area contributed by atoms with Crippen LogP contribution >= 0.6 is 0 Å². The van der Waals surface area contributed by atoms with Gasteiger partial charge in [0.05, 0.1) is 12.3 Å². The van der Waals surface area contributed by atoms with Gasteiger partial charge in [-0.15, -0.1) is 0 Å². The molecule has 0 spiro atoms. The van der Waals surface area contributed by atoms with Crippen LogP contribution in [-0.4, -0.2) is 34.1 Å². The first-order chi connectivity index (χ1) is 8.91. The SMILES string of the molecule is CC(C(=O)N[C@@H](CC(=O)O)C(=O)O)c1ccccc1. The minimum atomic E-state index is -1.42. The molecule has 6 heteroatoms. The number of hydrogen-bond donors (Lipinski definition) is 3. The summed E-state index contributed by atoms with van der Waals surface area (Å²) >= 11 is 0. The van der Waals surface area contributed by atoms with Crippen molar-refractivity contribution in [3.63, 3.8) is 0 Å². The van der Waals surface area contributed by atoms with Gasteiger partial charge in [0, 0.05) is 0 Å². The summed E-state index contributed by atoms with van der Waals surface area (Å²) in [5, 5.41) is 19.7. The van der Waals surface area contributed by atoms with Crippen molar-refractivity contribution in [2.45, 2.75) is 25.3 Å². The van der Waals surface area contributed by atoms with E-state index in [1.165, 1.54) is 0 Å². The lowest BCUT2D eigenvalue weighted by molar-refractivity contribution is -0.147. The predicted octanol–water partition coefficient (Wildman–Crippen LogP) is 0.834. The highest BCUT2D eigenvalue weighted by Crippen LogP contribution is 2.14. The summed E-state index contributed by atoms with van der Waals surface area (Å²) in [5.41, 5.74) is 0.736. The highest BCUT2D eigenvalue weighted by atomic mass is 16.4. The molecule has 0 saturated carbocycles. The van der Waals surface area contributed by atoms with Crippen LogP contribution in [0.2, 0.25) is 0 Å². The number of carbonyl (C=O) groups excluding carboxylic acids is 1. The molecular weight excluding hydrogens is 250 g/mol. The van der Waals surface area contributed by atoms with Crippen LogP contribution < -0.4 is 5.32 Å². The Morgan fingerprint density at radius 3 is 2.21 bits per heavy atom. The molecule has 1 aromatic rings. The number of carbonyl (C=O) groups is 3. The van der Waals surface area contributed by atoms with E-state index < -0.39 is 36.2 Å². The van der Waals surface area contributed by atoms with Crippen LogP contribution in [0.3, 0.4) is 0 Å². The molecule has 0 bridgehead atoms. The molecule has 0 aliphatic rings. The van der Waals surface area contributed by atoms with Crippen molar-refractivity contribution in [3.05, 3.63) is 35.9 Å². The minimum absolute atomic E-state index is 0.514. The normalized spacial score (nSPS) is 13.3. The van der Waals surface area contributed by atoms with Gasteiger partial charge in [-0.1, -0.05) is 30.3 Å². The molecule has 6 nitrogen and oxygen atoms in total. The van der Waals surface area contributed by atoms with Gasteiger partial charge in [-0.05, 0) is 12.5 Å². The maximum absolute atomic E-state index is 11.9. The molecule has 2 atom stereocenters. The fourth-order valence-corrected chi connectivity index (χ4v) is 1.56. The predicted molar refractivity (Wildman–Crippen MR) is 66.7 cm³/mol. The van der Waals surface area contributed by atoms with Gasteiger partial charge in [-0.25, -0.2) is 4.79 Å². The summed E-state index contributed by atoms with van der Waals surface area (Å²) in [6.45, 7) is 1.63. The van der Waals surface area contributed by atoms with Crippen molar-refractivity contribution in [2.75, 3.05) is 0 Å². The Morgan fingerprint density at radius 2 is 1.74 bits per heavy atom. The van der Waals surface area contributed by atoms with Gasteiger partial charge >= 0.3 is 11.9 Å². The lowest BCUT2D eigenvalue weighted by atomic mass is 10.00. The second-order valence-electron chi connectivity index (χ2n) is 4.13. The summed E-state index contributed by atoms with van der Waals surface area (Å²) in [7, 11) is 0. The van der Waals surface area contributed by atoms with Gasteiger partial charge in [-0.2, -0.15) is 0 Å². The summed E-state index contributed by atoms with van der Waals surface area (Å²) in [4.78, 5) is 33.2. The van der Waals surface area contributed by atoms with E-state index in [1.54, 1.807) is 37.3 Å². The lowest BCUT2D eigenvalue weighted by Gasteiger charge is -2.16. The molecule has 0 radical (unpaired) electrons. The molecule has 1 aromatic carbocycles. The smallest absolute Gasteiger partial charge is 0.326 e. The standard InChI is InChI=1S/C13H15NO5/c1-8(9-5-3-2-4-6-9)12(17)14-10(13(18)19)7-11(15)16/h2-6,8,10H,7H2,1H3,(H,14,17)(H,15,16)(H,18,19)/t8?,10-/m0/s1. The molecule has 19 heavy (non-hydrogen) atoms. The molecular formula is C13H15NO5. The van der Waals surface area contributed by atoms with Crippen LogP contribution in [0, 0.1) is 0 Å². The second kappa shape index (κ2) is 6.53. The van der Waals surface area contributed by atoms with E-state index in [0.29, 0.717) is 0 Å². The van der Waals surface area contributed by atoms with Crippen LogP contribution in [0.4, 0.5) is 0 Å². The number of nitrogens with one attached hydrogen (secondary N) is 1. The molecule has 3 N–H and O–H groups in total. The molecule has 0 aliphatic heterocycles. The molecule has 0 fully saturated rings. The van der Waals surface area contributed by atoms with Crippen molar-refractivity contribution in [1.82, 2.24) is 5.32 Å². The summed E-state index contributed by atoms with van der Waals surface area (Å²) in [5.74, 6) is -3.70. The fraction of sp³-hybridized carbons (Fsp3) is 0.308. The molecule has 0 saturated heterocycles. The minimum Gasteiger partial charge on any atom is -0.481 e. The van der Waals surface area contributed by atoms with E-state index >= 15 is 0 Å². The first-order valence-corrected chi connectivity index (χ1v) is 5.71. The lowest BCUT2D eigenvalue weighted by Crippen LogP contribution is -2.43. The highest BCUT2D eigenvalue weighted by molar-refractivity contribution is 5.89. The largest absolute Gasteiger partial charge is 0.481 e. The van der Waals surface area contributed by atoms with Crippen LogP contribution in [-0.2, 0) is 14.4 Å². The van der Waals surface area contributed by atoms with Crippen LogP contribution in [0.5, 0.6) is 0 Å². The number of carboxylic acid groups (broad SMARTS) is 2. The highest BCUT2D eigenvalue weighted by Gasteiger charge is 2.25. The van der Waals surface area contributed by atoms with E-state index in [9.17, 15) is 14.4 Å². The number of carboxylic acids is 2. The number of benzene rings is 1. The zero-order valence-electron chi connectivity index (χ0n) is 10.4. The van der Waals surface area contributed by atoms with Gasteiger partial charge < -0.3 is 15.5 Å². The monoisotopic (exact) mass is 265 g/mol. The Morgan fingerprint density at radius 1 is 1.16 bits per heavy atom. The third kappa shape index (κ3) is 4.42. The molecule has 0 aliphatic carbocycles. The second-order valence-corrected chi connectivity index (χ2v) is 4.13. The van der Waals surface area contributed by atoms with Crippen molar-refractivity contribution >= 4 is 17.8 Å². The zero-order valence-corrected chi connectivity index (χ0v) is 10.4. The van der Waals surface area contributed by atoms with Gasteiger partial charge in [-0.3, -0.25) is 9.59 Å². The van der Waals surface area contributed by atoms with E-state index in [4.69, 9.17) is 10.2 Å². The van der Waals surface area contributed by atoms with E-state index in [-0.39, 0.29) is 0 Å². The maximum atomic E-state index is 11.9. The number of hydrogen-bond acceptors (Lipinski definition) is 3. The fourth-order valence-electron chi connectivity index (χ4n) is 1.56. The molecule has 1 unspecified atom stereocenters. The molecule has 102 valence electrons. The third-order valence-electron chi connectivity index (χ3n) is 2.69. The van der Waals surface area contributed by atoms with Crippen LogP contribution in [0.15, 0.2) is 30.3 Å². The van der Waals surface area contributed by atoms with E-state index in [1.807, 2.05) is 0 Å². The van der Waals surface area contributed by atoms with E-state index in [0.717, 1.165) is 5.56 Å². The van der Waals surface area contributed by atoms with E-state index in [2.05, 4.69) is 5.32 Å². The maximum Gasteiger partial charge on any atom is 0.326 e. The summed E-state index contributed by atoms with van der Waals surface area (Å²) in [6, 6.07) is 7.42. The van der Waals surface area contributed by atoms with Crippen molar-refractivity contribution in [1.29, 1.82) is 0 Å². The van der Waals surface area contributed by atoms with Crippen molar-refractivity contribution in [2.24, 2.45) is 0 Å². The number of amides is 1. The average Bonchev–Trinajstić information content (AvgIpc) is 2.37. The zero-order chi connectivity index (χ0) is 14.4. The molecule has 0 heterocycles. The van der Waals surface area contributed by atoms with Crippen molar-refractivity contribution in [3.8, 4) is 0 Å². The van der Waals surface area contributed by atoms with Crippen molar-refractivity contribution < 1.29 is 24.6 Å². The summed E-state index contributed by atoms with van der Waals surface area (Å²) in [6.07, 6.45) is -0.650. The van der Waals surface area contributed by atoms with Gasteiger partial charge in [0.15, 0.2) is 0 Å². The number of aliphatic carboxylic acids is 2. The Balaban J connectivity index is 2.72. The first-order valence-electron chi connectivity index (χ1n) is 5.71. The van der Waals surface area contributed by atoms with Gasteiger partial charge in [0.1, 0.15) is 6.04 Å². The molecule has 0 aromatic heterocycles. The van der Waals surface area contributed by atoms with Crippen LogP contribution in [0.1, 0.15) is 24.8 Å². The quantitative estimate of drug-likeness (QED) is 0.707. The van der Waals surface area contributed by atoms with Gasteiger partial charge in [0.25, 0.3) is 0 Å². The van der Waals surface area contributed by atoms with Gasteiger partial charge in [0.2, 0.25) is 5.91 Å². The Hall–Kier alpha value is -2.37. The molecule has 1 rings (SSSR count). The van der Waals surface area contributed by atoms with Crippen LogP contribution in [0.25, 0.3) is 0 Å². The Labute approximate surface area is 110 Å². The third-order valence-corrected chi connectivity index (χ3v) is 2.69. The average molecular weight is 265 g/mol. The number of rotatable bonds is 6. The topological polar surface area (TPSA) is 104 Å². The molecule has 1 amide bonds.